The predicted octanol–water partition coefficient (Wildman–Crippen LogP) is 1.74. The van der Waals surface area contributed by atoms with Crippen molar-refractivity contribution < 1.29 is 14.3 Å². The van der Waals surface area contributed by atoms with E-state index in [9.17, 15) is 9.59 Å². The van der Waals surface area contributed by atoms with Crippen LogP contribution in [0.1, 0.15) is 36.5 Å². The third-order valence-electron chi connectivity index (χ3n) is 3.28. The van der Waals surface area contributed by atoms with Crippen molar-refractivity contribution in [2.45, 2.75) is 26.2 Å². The summed E-state index contributed by atoms with van der Waals surface area (Å²) in [6.07, 6.45) is 1.96. The number of hydrogen-bond donors (Lipinski definition) is 1. The summed E-state index contributed by atoms with van der Waals surface area (Å²) in [5.41, 5.74) is 6.72. The standard InChI is InChI=1S/C15H20N2O3/c1-2-8-17-12-9-11(13(18)4-3-7-16)5-6-14(12)20-10-15(17)19/h5-6,9H,2-4,7-8,10,16H2,1H3. The highest BCUT2D eigenvalue weighted by Crippen LogP contribution is 2.33. The molecule has 2 rings (SSSR count). The summed E-state index contributed by atoms with van der Waals surface area (Å²) in [6, 6.07) is 5.26. The highest BCUT2D eigenvalue weighted by atomic mass is 16.5. The molecule has 0 fully saturated rings. The third kappa shape index (κ3) is 2.99. The minimum absolute atomic E-state index is 0.0488. The number of ether oxygens (including phenoxy) is 1. The Kier molecular flexibility index (Phi) is 4.74. The zero-order chi connectivity index (χ0) is 14.5. The van der Waals surface area contributed by atoms with Gasteiger partial charge in [-0.05, 0) is 37.6 Å². The lowest BCUT2D eigenvalue weighted by Gasteiger charge is -2.29. The molecule has 1 aliphatic rings. The Morgan fingerprint density at radius 2 is 2.25 bits per heavy atom. The smallest absolute Gasteiger partial charge is 0.265 e. The van der Waals surface area contributed by atoms with Crippen molar-refractivity contribution in [1.82, 2.24) is 0 Å². The first-order valence-corrected chi connectivity index (χ1v) is 6.97. The topological polar surface area (TPSA) is 72.6 Å². The molecule has 2 N–H and O–H groups in total. The molecule has 1 aromatic carbocycles. The van der Waals surface area contributed by atoms with E-state index in [1.807, 2.05) is 6.92 Å². The van der Waals surface area contributed by atoms with Crippen LogP contribution in [0, 0.1) is 0 Å². The molecule has 1 aromatic rings. The zero-order valence-electron chi connectivity index (χ0n) is 11.7. The average molecular weight is 276 g/mol. The van der Waals surface area contributed by atoms with Crippen LogP contribution in [-0.4, -0.2) is 31.4 Å². The summed E-state index contributed by atoms with van der Waals surface area (Å²) in [5.74, 6) is 0.645. The Hall–Kier alpha value is -1.88. The van der Waals surface area contributed by atoms with Crippen molar-refractivity contribution in [3.05, 3.63) is 23.8 Å². The number of carbonyl (C=O) groups excluding carboxylic acids is 2. The van der Waals surface area contributed by atoms with Gasteiger partial charge in [-0.15, -0.1) is 0 Å². The van der Waals surface area contributed by atoms with Crippen LogP contribution in [0.5, 0.6) is 5.75 Å². The molecule has 0 atom stereocenters. The fraction of sp³-hybridized carbons (Fsp3) is 0.467. The van der Waals surface area contributed by atoms with Crippen molar-refractivity contribution in [3.63, 3.8) is 0 Å². The summed E-state index contributed by atoms with van der Waals surface area (Å²) in [7, 11) is 0. The first kappa shape index (κ1) is 14.5. The number of nitrogens with zero attached hydrogens (tertiary/aromatic N) is 1. The van der Waals surface area contributed by atoms with E-state index in [1.54, 1.807) is 23.1 Å². The SMILES string of the molecule is CCCN1C(=O)COc2ccc(C(=O)CCCN)cc21. The molecule has 5 nitrogen and oxygen atoms in total. The summed E-state index contributed by atoms with van der Waals surface area (Å²) in [6.45, 7) is 3.21. The highest BCUT2D eigenvalue weighted by molar-refractivity contribution is 6.01. The van der Waals surface area contributed by atoms with Gasteiger partial charge in [-0.3, -0.25) is 9.59 Å². The summed E-state index contributed by atoms with van der Waals surface area (Å²) in [5, 5.41) is 0. The van der Waals surface area contributed by atoms with E-state index in [1.165, 1.54) is 0 Å². The van der Waals surface area contributed by atoms with E-state index in [0.717, 1.165) is 6.42 Å². The number of Topliss-reactive ketones (excluding diaryl/α,β-unsaturated/α-hetero) is 1. The number of rotatable bonds is 6. The minimum atomic E-state index is -0.0640. The van der Waals surface area contributed by atoms with Gasteiger partial charge in [-0.1, -0.05) is 6.92 Å². The van der Waals surface area contributed by atoms with Crippen molar-refractivity contribution in [2.24, 2.45) is 5.73 Å². The van der Waals surface area contributed by atoms with Gasteiger partial charge in [0.05, 0.1) is 5.69 Å². The molecule has 20 heavy (non-hydrogen) atoms. The summed E-state index contributed by atoms with van der Waals surface area (Å²) >= 11 is 0. The molecule has 108 valence electrons. The number of amides is 1. The number of fused-ring (bicyclic) bond motifs is 1. The molecule has 1 amide bonds. The van der Waals surface area contributed by atoms with Crippen molar-refractivity contribution in [2.75, 3.05) is 24.6 Å². The fourth-order valence-electron chi connectivity index (χ4n) is 2.25. The number of anilines is 1. The Morgan fingerprint density at radius 3 is 2.95 bits per heavy atom. The van der Waals surface area contributed by atoms with Crippen LogP contribution >= 0.6 is 0 Å². The van der Waals surface area contributed by atoms with Crippen molar-refractivity contribution in [1.29, 1.82) is 0 Å². The molecule has 0 bridgehead atoms. The normalized spacial score (nSPS) is 13.9. The monoisotopic (exact) mass is 276 g/mol. The number of hydrogen-bond acceptors (Lipinski definition) is 4. The average Bonchev–Trinajstić information content (AvgIpc) is 2.47. The molecule has 1 aliphatic heterocycles. The quantitative estimate of drug-likeness (QED) is 0.803. The first-order chi connectivity index (χ1) is 9.67. The van der Waals surface area contributed by atoms with Crippen LogP contribution in [0.3, 0.4) is 0 Å². The zero-order valence-corrected chi connectivity index (χ0v) is 11.7. The molecule has 0 unspecified atom stereocenters. The van der Waals surface area contributed by atoms with Crippen LogP contribution in [0.25, 0.3) is 0 Å². The van der Waals surface area contributed by atoms with Crippen LogP contribution in [-0.2, 0) is 4.79 Å². The van der Waals surface area contributed by atoms with Crippen LogP contribution < -0.4 is 15.4 Å². The van der Waals surface area contributed by atoms with Crippen LogP contribution in [0.4, 0.5) is 5.69 Å². The second-order valence-electron chi connectivity index (χ2n) is 4.83. The molecule has 5 heteroatoms. The maximum Gasteiger partial charge on any atom is 0.265 e. The summed E-state index contributed by atoms with van der Waals surface area (Å²) in [4.78, 5) is 25.6. The first-order valence-electron chi connectivity index (χ1n) is 6.97. The van der Waals surface area contributed by atoms with Crippen LogP contribution in [0.15, 0.2) is 18.2 Å². The maximum atomic E-state index is 12.0. The minimum Gasteiger partial charge on any atom is -0.482 e. The summed E-state index contributed by atoms with van der Waals surface area (Å²) < 4.78 is 5.41. The maximum absolute atomic E-state index is 12.0. The molecular formula is C15H20N2O3. The van der Waals surface area contributed by atoms with Gasteiger partial charge in [0.25, 0.3) is 5.91 Å². The van der Waals surface area contributed by atoms with Gasteiger partial charge in [0.1, 0.15) is 5.75 Å². The molecular weight excluding hydrogens is 256 g/mol. The molecule has 0 spiro atoms. The third-order valence-corrected chi connectivity index (χ3v) is 3.28. The van der Waals surface area contributed by atoms with E-state index in [0.29, 0.717) is 42.9 Å². The largest absolute Gasteiger partial charge is 0.482 e. The lowest BCUT2D eigenvalue weighted by atomic mass is 10.0. The van der Waals surface area contributed by atoms with E-state index in [2.05, 4.69) is 0 Å². The van der Waals surface area contributed by atoms with Crippen molar-refractivity contribution >= 4 is 17.4 Å². The Balaban J connectivity index is 2.28. The number of ketones is 1. The Labute approximate surface area is 118 Å². The fourth-order valence-corrected chi connectivity index (χ4v) is 2.25. The van der Waals surface area contributed by atoms with E-state index >= 15 is 0 Å². The van der Waals surface area contributed by atoms with Gasteiger partial charge in [-0.2, -0.15) is 0 Å². The lowest BCUT2D eigenvalue weighted by molar-refractivity contribution is -0.121. The van der Waals surface area contributed by atoms with Gasteiger partial charge in [0.2, 0.25) is 0 Å². The van der Waals surface area contributed by atoms with E-state index in [-0.39, 0.29) is 18.3 Å². The molecule has 0 saturated heterocycles. The molecule has 0 radical (unpaired) electrons. The van der Waals surface area contributed by atoms with Crippen molar-refractivity contribution in [3.8, 4) is 5.75 Å². The van der Waals surface area contributed by atoms with Gasteiger partial charge in [0.15, 0.2) is 12.4 Å². The van der Waals surface area contributed by atoms with Crippen LogP contribution in [0.2, 0.25) is 0 Å². The van der Waals surface area contributed by atoms with Gasteiger partial charge >= 0.3 is 0 Å². The Bertz CT molecular complexity index is 514. The molecule has 0 aromatic heterocycles. The number of nitrogens with two attached hydrogens (primary N) is 1. The number of benzene rings is 1. The van der Waals surface area contributed by atoms with Gasteiger partial charge in [0, 0.05) is 18.5 Å². The van der Waals surface area contributed by atoms with E-state index in [4.69, 9.17) is 10.5 Å². The van der Waals surface area contributed by atoms with Gasteiger partial charge in [-0.25, -0.2) is 0 Å². The molecule has 0 saturated carbocycles. The molecule has 1 heterocycles. The number of carbonyl (C=O) groups is 2. The lowest BCUT2D eigenvalue weighted by Crippen LogP contribution is -2.39. The second-order valence-corrected chi connectivity index (χ2v) is 4.83. The Morgan fingerprint density at radius 1 is 1.45 bits per heavy atom. The van der Waals surface area contributed by atoms with E-state index < -0.39 is 0 Å². The van der Waals surface area contributed by atoms with Gasteiger partial charge < -0.3 is 15.4 Å². The predicted molar refractivity (Wildman–Crippen MR) is 77.2 cm³/mol. The molecule has 0 aliphatic carbocycles. The highest BCUT2D eigenvalue weighted by Gasteiger charge is 2.25. The second kappa shape index (κ2) is 6.52.